The minimum Gasteiger partial charge on any atom is -0.488 e. The number of carboxylic acid groups (broad SMARTS) is 1. The van der Waals surface area contributed by atoms with Crippen LogP contribution in [-0.4, -0.2) is 21.7 Å². The van der Waals surface area contributed by atoms with E-state index in [1.165, 1.54) is 36.4 Å². The second kappa shape index (κ2) is 5.05. The van der Waals surface area contributed by atoms with Crippen LogP contribution in [-0.2, 0) is 13.0 Å². The number of aromatic nitrogens is 1. The van der Waals surface area contributed by atoms with Crippen LogP contribution in [0.4, 0.5) is 4.39 Å². The summed E-state index contributed by atoms with van der Waals surface area (Å²) in [5, 5.41) is 9.12. The largest absolute Gasteiger partial charge is 0.488 e. The van der Waals surface area contributed by atoms with E-state index in [1.807, 2.05) is 0 Å². The molecule has 1 aliphatic rings. The zero-order valence-corrected chi connectivity index (χ0v) is 11.0. The smallest absolute Gasteiger partial charge is 0.352 e. The zero-order valence-electron chi connectivity index (χ0n) is 11.0. The van der Waals surface area contributed by atoms with Gasteiger partial charge in [-0.1, -0.05) is 6.07 Å². The maximum atomic E-state index is 13.2. The molecular formula is C15H12FNO4. The number of hydrogen-bond acceptors (Lipinski definition) is 3. The molecule has 0 radical (unpaired) electrons. The molecule has 0 bridgehead atoms. The Morgan fingerprint density at radius 3 is 2.95 bits per heavy atom. The van der Waals surface area contributed by atoms with Gasteiger partial charge in [0.15, 0.2) is 0 Å². The van der Waals surface area contributed by atoms with Gasteiger partial charge in [0.05, 0.1) is 6.54 Å². The molecule has 0 fully saturated rings. The molecule has 6 heteroatoms. The number of rotatable bonds is 3. The van der Waals surface area contributed by atoms with Crippen molar-refractivity contribution in [2.24, 2.45) is 0 Å². The summed E-state index contributed by atoms with van der Waals surface area (Å²) in [6.45, 7) is 0.109. The Morgan fingerprint density at radius 1 is 1.38 bits per heavy atom. The third kappa shape index (κ3) is 2.52. The van der Waals surface area contributed by atoms with Gasteiger partial charge in [0.2, 0.25) is 0 Å². The van der Waals surface area contributed by atoms with Gasteiger partial charge in [-0.3, -0.25) is 9.36 Å². The summed E-state index contributed by atoms with van der Waals surface area (Å²) in [5.41, 5.74) is 0.231. The molecule has 0 spiro atoms. The van der Waals surface area contributed by atoms with Crippen molar-refractivity contribution in [1.82, 2.24) is 4.57 Å². The summed E-state index contributed by atoms with van der Waals surface area (Å²) in [5.74, 6) is -0.947. The van der Waals surface area contributed by atoms with Crippen LogP contribution in [0.1, 0.15) is 16.1 Å². The third-order valence-corrected chi connectivity index (χ3v) is 3.42. The number of pyridine rings is 1. The third-order valence-electron chi connectivity index (χ3n) is 3.42. The minimum atomic E-state index is -1.17. The zero-order chi connectivity index (χ0) is 15.0. The lowest BCUT2D eigenvalue weighted by Gasteiger charge is -2.14. The van der Waals surface area contributed by atoms with Crippen LogP contribution in [0.2, 0.25) is 0 Å². The minimum absolute atomic E-state index is 0.0896. The molecule has 1 N–H and O–H groups in total. The Morgan fingerprint density at radius 2 is 2.19 bits per heavy atom. The predicted octanol–water partition coefficient (Wildman–Crippen LogP) is 1.69. The molecule has 1 atom stereocenters. The van der Waals surface area contributed by atoms with E-state index in [0.717, 1.165) is 10.1 Å². The molecule has 1 aliphatic heterocycles. The number of hydrogen-bond donors (Lipinski definition) is 1. The average Bonchev–Trinajstić information content (AvgIpc) is 2.82. The molecule has 1 aromatic carbocycles. The quantitative estimate of drug-likeness (QED) is 0.933. The molecule has 21 heavy (non-hydrogen) atoms. The van der Waals surface area contributed by atoms with E-state index in [1.54, 1.807) is 0 Å². The highest BCUT2D eigenvalue weighted by atomic mass is 19.1. The normalized spacial score (nSPS) is 16.3. The fourth-order valence-electron chi connectivity index (χ4n) is 2.49. The van der Waals surface area contributed by atoms with Crippen molar-refractivity contribution in [3.05, 3.63) is 63.8 Å². The van der Waals surface area contributed by atoms with E-state index < -0.39 is 11.5 Å². The van der Waals surface area contributed by atoms with Crippen molar-refractivity contribution in [3.8, 4) is 5.75 Å². The lowest BCUT2D eigenvalue weighted by Crippen LogP contribution is -2.32. The molecule has 0 saturated carbocycles. The molecule has 2 heterocycles. The van der Waals surface area contributed by atoms with Crippen LogP contribution in [0, 0.1) is 5.82 Å². The molecule has 3 rings (SSSR count). The van der Waals surface area contributed by atoms with Gasteiger partial charge in [0.1, 0.15) is 23.4 Å². The first-order valence-electron chi connectivity index (χ1n) is 6.43. The fourth-order valence-corrected chi connectivity index (χ4v) is 2.49. The first kappa shape index (κ1) is 13.4. The number of carbonyl (C=O) groups is 1. The molecule has 2 aromatic rings. The van der Waals surface area contributed by atoms with E-state index in [4.69, 9.17) is 9.84 Å². The van der Waals surface area contributed by atoms with Crippen LogP contribution in [0.5, 0.6) is 5.75 Å². The molecule has 0 saturated heterocycles. The van der Waals surface area contributed by atoms with Gasteiger partial charge >= 0.3 is 5.97 Å². The lowest BCUT2D eigenvalue weighted by atomic mass is 10.1. The Labute approximate surface area is 119 Å². The van der Waals surface area contributed by atoms with Gasteiger partial charge in [-0.05, 0) is 24.3 Å². The van der Waals surface area contributed by atoms with Gasteiger partial charge in [-0.2, -0.15) is 0 Å². The van der Waals surface area contributed by atoms with Gasteiger partial charge in [0.25, 0.3) is 5.56 Å². The molecule has 1 unspecified atom stereocenters. The standard InChI is InChI=1S/C15H12FNO4/c16-10-4-5-13-9(6-10)7-11(21-13)8-17-12(15(19)20)2-1-3-14(17)18/h1-6,11H,7-8H2,(H,19,20). The highest BCUT2D eigenvalue weighted by Crippen LogP contribution is 2.29. The Hall–Kier alpha value is -2.63. The molecule has 5 nitrogen and oxygen atoms in total. The SMILES string of the molecule is O=C(O)c1cccc(=O)n1CC1Cc2cc(F)ccc2O1. The van der Waals surface area contributed by atoms with Gasteiger partial charge in [-0.15, -0.1) is 0 Å². The molecule has 108 valence electrons. The van der Waals surface area contributed by atoms with E-state index in [-0.39, 0.29) is 24.2 Å². The topological polar surface area (TPSA) is 68.5 Å². The first-order chi connectivity index (χ1) is 10.0. The second-order valence-electron chi connectivity index (χ2n) is 4.86. The van der Waals surface area contributed by atoms with Gasteiger partial charge in [-0.25, -0.2) is 9.18 Å². The van der Waals surface area contributed by atoms with Gasteiger partial charge in [0, 0.05) is 18.1 Å². The Balaban J connectivity index is 1.87. The average molecular weight is 289 g/mol. The highest BCUT2D eigenvalue weighted by Gasteiger charge is 2.25. The summed E-state index contributed by atoms with van der Waals surface area (Å²) < 4.78 is 20.0. The number of ether oxygens (including phenoxy) is 1. The highest BCUT2D eigenvalue weighted by molar-refractivity contribution is 5.85. The first-order valence-corrected chi connectivity index (χ1v) is 6.43. The van der Waals surface area contributed by atoms with Crippen LogP contribution >= 0.6 is 0 Å². The molecule has 1 aromatic heterocycles. The number of benzene rings is 1. The molecular weight excluding hydrogens is 277 g/mol. The number of carboxylic acids is 1. The number of fused-ring (bicyclic) bond motifs is 1. The Kier molecular flexibility index (Phi) is 3.21. The van der Waals surface area contributed by atoms with E-state index in [0.29, 0.717) is 12.2 Å². The van der Waals surface area contributed by atoms with Crippen molar-refractivity contribution in [1.29, 1.82) is 0 Å². The van der Waals surface area contributed by atoms with Crippen molar-refractivity contribution < 1.29 is 19.0 Å². The van der Waals surface area contributed by atoms with Crippen molar-refractivity contribution in [3.63, 3.8) is 0 Å². The second-order valence-corrected chi connectivity index (χ2v) is 4.86. The number of nitrogens with zero attached hydrogens (tertiary/aromatic N) is 1. The summed E-state index contributed by atoms with van der Waals surface area (Å²) in [6, 6.07) is 8.30. The lowest BCUT2D eigenvalue weighted by molar-refractivity contribution is 0.0680. The van der Waals surface area contributed by atoms with E-state index >= 15 is 0 Å². The maximum Gasteiger partial charge on any atom is 0.352 e. The van der Waals surface area contributed by atoms with Crippen molar-refractivity contribution in [2.75, 3.05) is 0 Å². The number of halogens is 1. The number of aromatic carboxylic acids is 1. The Bertz CT molecular complexity index is 769. The summed E-state index contributed by atoms with van der Waals surface area (Å²) in [4.78, 5) is 23.0. The van der Waals surface area contributed by atoms with Crippen LogP contribution in [0.25, 0.3) is 0 Å². The van der Waals surface area contributed by atoms with Crippen LogP contribution < -0.4 is 10.3 Å². The molecule has 0 amide bonds. The monoisotopic (exact) mass is 289 g/mol. The van der Waals surface area contributed by atoms with Crippen LogP contribution in [0.15, 0.2) is 41.2 Å². The van der Waals surface area contributed by atoms with E-state index in [9.17, 15) is 14.0 Å². The summed E-state index contributed by atoms with van der Waals surface area (Å²) in [7, 11) is 0. The predicted molar refractivity (Wildman–Crippen MR) is 72.2 cm³/mol. The summed E-state index contributed by atoms with van der Waals surface area (Å²) >= 11 is 0. The molecule has 0 aliphatic carbocycles. The maximum absolute atomic E-state index is 13.2. The van der Waals surface area contributed by atoms with Crippen molar-refractivity contribution in [2.45, 2.75) is 19.1 Å². The van der Waals surface area contributed by atoms with Crippen molar-refractivity contribution >= 4 is 5.97 Å². The van der Waals surface area contributed by atoms with E-state index in [2.05, 4.69) is 0 Å². The van der Waals surface area contributed by atoms with Gasteiger partial charge < -0.3 is 9.84 Å². The summed E-state index contributed by atoms with van der Waals surface area (Å²) in [6.07, 6.45) is 0.0491. The van der Waals surface area contributed by atoms with Crippen LogP contribution in [0.3, 0.4) is 0 Å². The fraction of sp³-hybridized carbons (Fsp3) is 0.200.